The number of hydrogen-bond acceptors (Lipinski definition) is 5. The van der Waals surface area contributed by atoms with Gasteiger partial charge in [-0.3, -0.25) is 14.9 Å². The molecule has 0 atom stereocenters. The first-order valence-corrected chi connectivity index (χ1v) is 9.65. The molecule has 3 rings (SSSR count). The maximum atomic E-state index is 11.9. The first-order valence-electron chi connectivity index (χ1n) is 8.12. The minimum Gasteiger partial charge on any atom is -0.355 e. The maximum Gasteiger partial charge on any atom is 0.230 e. The molecular weight excluding hydrogens is 370 g/mol. The smallest absolute Gasteiger partial charge is 0.230 e. The lowest BCUT2D eigenvalue weighted by Gasteiger charge is -2.05. The number of H-pyrrole nitrogens is 1. The monoisotopic (exact) mass is 387 g/mol. The molecule has 0 aliphatic carbocycles. The van der Waals surface area contributed by atoms with E-state index in [9.17, 15) is 4.79 Å². The molecule has 0 bridgehead atoms. The lowest BCUT2D eigenvalue weighted by molar-refractivity contribution is -0.118. The molecule has 1 aromatic carbocycles. The summed E-state index contributed by atoms with van der Waals surface area (Å²) in [5.41, 5.74) is 1.89. The third kappa shape index (κ3) is 5.31. The molecule has 3 aromatic rings. The van der Waals surface area contributed by atoms with Crippen LogP contribution in [0.5, 0.6) is 0 Å². The minimum absolute atomic E-state index is 0.00551. The van der Waals surface area contributed by atoms with Crippen LogP contribution in [0, 0.1) is 0 Å². The van der Waals surface area contributed by atoms with Gasteiger partial charge in [0.05, 0.1) is 5.75 Å². The zero-order chi connectivity index (χ0) is 18.2. The van der Waals surface area contributed by atoms with Crippen LogP contribution in [0.1, 0.15) is 11.4 Å². The quantitative estimate of drug-likeness (QED) is 0.620. The number of benzene rings is 1. The fourth-order valence-corrected chi connectivity index (χ4v) is 3.41. The molecule has 2 heterocycles. The first kappa shape index (κ1) is 18.4. The van der Waals surface area contributed by atoms with Gasteiger partial charge in [0.15, 0.2) is 5.82 Å². The topological polar surface area (TPSA) is 83.6 Å². The molecule has 8 heteroatoms. The third-order valence-corrected chi connectivity index (χ3v) is 4.93. The Hall–Kier alpha value is -2.38. The maximum absolute atomic E-state index is 11.9. The molecule has 0 saturated heterocycles. The van der Waals surface area contributed by atoms with Crippen molar-refractivity contribution in [3.63, 3.8) is 0 Å². The summed E-state index contributed by atoms with van der Waals surface area (Å²) in [7, 11) is 0. The van der Waals surface area contributed by atoms with E-state index in [1.807, 2.05) is 36.4 Å². The van der Waals surface area contributed by atoms with E-state index in [1.165, 1.54) is 11.8 Å². The molecule has 26 heavy (non-hydrogen) atoms. The average Bonchev–Trinajstić information content (AvgIpc) is 3.13. The highest BCUT2D eigenvalue weighted by Crippen LogP contribution is 2.20. The summed E-state index contributed by atoms with van der Waals surface area (Å²) < 4.78 is 0. The van der Waals surface area contributed by atoms with Gasteiger partial charge in [-0.1, -0.05) is 29.8 Å². The van der Waals surface area contributed by atoms with Crippen LogP contribution >= 0.6 is 23.4 Å². The summed E-state index contributed by atoms with van der Waals surface area (Å²) >= 11 is 7.64. The Morgan fingerprint density at radius 1 is 1.23 bits per heavy atom. The Kier molecular flexibility index (Phi) is 6.62. The zero-order valence-electron chi connectivity index (χ0n) is 14.0. The van der Waals surface area contributed by atoms with Crippen molar-refractivity contribution in [3.8, 4) is 11.4 Å². The van der Waals surface area contributed by atoms with Crippen LogP contribution in [0.15, 0.2) is 48.8 Å². The summed E-state index contributed by atoms with van der Waals surface area (Å²) in [5, 5.41) is 10.7. The van der Waals surface area contributed by atoms with E-state index < -0.39 is 0 Å². The number of carbonyl (C=O) groups is 1. The van der Waals surface area contributed by atoms with Crippen LogP contribution < -0.4 is 5.32 Å². The third-order valence-electron chi connectivity index (χ3n) is 3.58. The number of nitrogens with one attached hydrogen (secondary N) is 2. The highest BCUT2D eigenvalue weighted by molar-refractivity contribution is 7.99. The molecule has 134 valence electrons. The van der Waals surface area contributed by atoms with Crippen molar-refractivity contribution in [3.05, 3.63) is 65.2 Å². The van der Waals surface area contributed by atoms with Crippen LogP contribution in [0.3, 0.4) is 0 Å². The summed E-state index contributed by atoms with van der Waals surface area (Å²) in [6, 6.07) is 11.4. The van der Waals surface area contributed by atoms with Crippen molar-refractivity contribution in [1.82, 2.24) is 25.5 Å². The van der Waals surface area contributed by atoms with E-state index in [4.69, 9.17) is 11.6 Å². The van der Waals surface area contributed by atoms with Gasteiger partial charge in [-0.05, 0) is 23.8 Å². The molecule has 1 amide bonds. The molecule has 0 saturated carbocycles. The average molecular weight is 388 g/mol. The Morgan fingerprint density at radius 3 is 2.92 bits per heavy atom. The van der Waals surface area contributed by atoms with Gasteiger partial charge in [0, 0.05) is 41.7 Å². The van der Waals surface area contributed by atoms with Gasteiger partial charge in [-0.25, -0.2) is 4.98 Å². The number of hydrogen-bond donors (Lipinski definition) is 2. The summed E-state index contributed by atoms with van der Waals surface area (Å²) in [6.45, 7) is 0.507. The van der Waals surface area contributed by atoms with E-state index in [0.29, 0.717) is 30.3 Å². The molecule has 2 aromatic heterocycles. The summed E-state index contributed by atoms with van der Waals surface area (Å²) in [6.07, 6.45) is 4.01. The van der Waals surface area contributed by atoms with Crippen molar-refractivity contribution in [2.75, 3.05) is 12.3 Å². The fraction of sp³-hybridized carbons (Fsp3) is 0.222. The number of nitrogens with zero attached hydrogens (tertiary/aromatic N) is 3. The molecule has 0 radical (unpaired) electrons. The number of rotatable bonds is 8. The van der Waals surface area contributed by atoms with E-state index >= 15 is 0 Å². The van der Waals surface area contributed by atoms with Gasteiger partial charge in [-0.15, -0.1) is 11.8 Å². The molecule has 2 N–H and O–H groups in total. The molecule has 0 aliphatic rings. The molecular formula is C18H18ClN5OS. The highest BCUT2D eigenvalue weighted by Gasteiger charge is 2.07. The largest absolute Gasteiger partial charge is 0.355 e. The van der Waals surface area contributed by atoms with E-state index in [-0.39, 0.29) is 5.91 Å². The van der Waals surface area contributed by atoms with Gasteiger partial charge >= 0.3 is 0 Å². The second kappa shape index (κ2) is 9.35. The predicted molar refractivity (Wildman–Crippen MR) is 104 cm³/mol. The van der Waals surface area contributed by atoms with Gasteiger partial charge in [0.25, 0.3) is 0 Å². The Labute approximate surface area is 160 Å². The standard InChI is InChI=1S/C18H18ClN5OS/c19-15-6-2-1-4-14(15)11-26-12-17(25)21-9-7-16-22-18(24-23-16)13-5-3-8-20-10-13/h1-6,8,10H,7,9,11-12H2,(H,21,25)(H,22,23,24). The first-order chi connectivity index (χ1) is 12.7. The number of amides is 1. The van der Waals surface area contributed by atoms with Crippen LogP contribution in [-0.2, 0) is 17.0 Å². The van der Waals surface area contributed by atoms with Crippen molar-refractivity contribution in [2.45, 2.75) is 12.2 Å². The number of halogens is 1. The van der Waals surface area contributed by atoms with Crippen LogP contribution in [-0.4, -0.2) is 38.4 Å². The normalized spacial score (nSPS) is 10.7. The summed E-state index contributed by atoms with van der Waals surface area (Å²) in [5.74, 6) is 2.43. The second-order valence-corrected chi connectivity index (χ2v) is 6.92. The lowest BCUT2D eigenvalue weighted by Crippen LogP contribution is -2.27. The minimum atomic E-state index is -0.00551. The number of carbonyl (C=O) groups excluding carboxylic acids is 1. The second-order valence-electron chi connectivity index (χ2n) is 5.53. The van der Waals surface area contributed by atoms with Crippen LogP contribution in [0.2, 0.25) is 5.02 Å². The Bertz CT molecular complexity index is 856. The highest BCUT2D eigenvalue weighted by atomic mass is 35.5. The van der Waals surface area contributed by atoms with Crippen molar-refractivity contribution < 1.29 is 4.79 Å². The van der Waals surface area contributed by atoms with E-state index in [2.05, 4.69) is 25.5 Å². The van der Waals surface area contributed by atoms with Crippen molar-refractivity contribution >= 4 is 29.3 Å². The lowest BCUT2D eigenvalue weighted by atomic mass is 10.2. The van der Waals surface area contributed by atoms with Gasteiger partial charge in [-0.2, -0.15) is 5.10 Å². The molecule has 6 nitrogen and oxygen atoms in total. The fourth-order valence-electron chi connectivity index (χ4n) is 2.27. The van der Waals surface area contributed by atoms with Crippen molar-refractivity contribution in [2.24, 2.45) is 0 Å². The molecule has 0 fully saturated rings. The zero-order valence-corrected chi connectivity index (χ0v) is 15.6. The molecule has 0 spiro atoms. The number of thioether (sulfide) groups is 1. The number of aromatic nitrogens is 4. The number of aromatic amines is 1. The predicted octanol–water partition coefficient (Wildman–Crippen LogP) is 3.11. The Balaban J connectivity index is 1.38. The van der Waals surface area contributed by atoms with Gasteiger partial charge in [0.2, 0.25) is 5.91 Å². The van der Waals surface area contributed by atoms with Gasteiger partial charge in [0.1, 0.15) is 5.82 Å². The SMILES string of the molecule is O=C(CSCc1ccccc1Cl)NCCc1nc(-c2cccnc2)n[nH]1. The Morgan fingerprint density at radius 2 is 2.12 bits per heavy atom. The van der Waals surface area contributed by atoms with Crippen LogP contribution in [0.4, 0.5) is 0 Å². The van der Waals surface area contributed by atoms with E-state index in [1.54, 1.807) is 12.4 Å². The van der Waals surface area contributed by atoms with Crippen LogP contribution in [0.25, 0.3) is 11.4 Å². The number of pyridine rings is 1. The van der Waals surface area contributed by atoms with E-state index in [0.717, 1.165) is 22.0 Å². The van der Waals surface area contributed by atoms with Crippen molar-refractivity contribution in [1.29, 1.82) is 0 Å². The summed E-state index contributed by atoms with van der Waals surface area (Å²) in [4.78, 5) is 20.4. The molecule has 0 unspecified atom stereocenters. The molecule has 0 aliphatic heterocycles. The van der Waals surface area contributed by atoms with Gasteiger partial charge < -0.3 is 5.32 Å².